The summed E-state index contributed by atoms with van der Waals surface area (Å²) in [4.78, 5) is 10.2. The first-order valence-corrected chi connectivity index (χ1v) is 7.46. The number of hydrogen-bond acceptors (Lipinski definition) is 5. The molecule has 0 fully saturated rings. The van der Waals surface area contributed by atoms with Crippen LogP contribution >= 0.6 is 11.3 Å². The van der Waals surface area contributed by atoms with Crippen molar-refractivity contribution in [2.24, 2.45) is 0 Å². The van der Waals surface area contributed by atoms with E-state index in [9.17, 15) is 0 Å². The molecular weight excluding hydrogens is 256 g/mol. The Morgan fingerprint density at radius 1 is 1.37 bits per heavy atom. The lowest BCUT2D eigenvalue weighted by molar-refractivity contribution is 0.606. The summed E-state index contributed by atoms with van der Waals surface area (Å²) in [5, 5.41) is 5.73. The summed E-state index contributed by atoms with van der Waals surface area (Å²) in [7, 11) is 0. The fourth-order valence-electron chi connectivity index (χ4n) is 2.59. The molecule has 4 nitrogen and oxygen atoms in total. The lowest BCUT2D eigenvalue weighted by Gasteiger charge is -2.25. The monoisotopic (exact) mass is 274 g/mol. The van der Waals surface area contributed by atoms with Gasteiger partial charge >= 0.3 is 0 Å². The van der Waals surface area contributed by atoms with Crippen LogP contribution in [0.3, 0.4) is 0 Å². The Kier molecular flexibility index (Phi) is 3.14. The van der Waals surface area contributed by atoms with Crippen LogP contribution in [0.2, 0.25) is 0 Å². The highest BCUT2D eigenvalue weighted by molar-refractivity contribution is 7.10. The Hall–Kier alpha value is -1.62. The van der Waals surface area contributed by atoms with Gasteiger partial charge in [-0.1, -0.05) is 0 Å². The van der Waals surface area contributed by atoms with Crippen molar-refractivity contribution >= 4 is 23.0 Å². The van der Waals surface area contributed by atoms with Crippen molar-refractivity contribution in [3.8, 4) is 0 Å². The standard InChI is InChI=1S/C14H18N4S/c1-8-13(15)16-9(2)17-14(8)18-11-4-3-5-12-10(11)6-7-19-12/h6-7,11H,3-5H2,1-2H3,(H3,15,16,17,18). The quantitative estimate of drug-likeness (QED) is 0.882. The van der Waals surface area contributed by atoms with Crippen LogP contribution in [-0.2, 0) is 6.42 Å². The zero-order valence-corrected chi connectivity index (χ0v) is 12.0. The average molecular weight is 274 g/mol. The molecular formula is C14H18N4S. The molecule has 0 saturated heterocycles. The van der Waals surface area contributed by atoms with E-state index in [1.165, 1.54) is 23.3 Å². The fourth-order valence-corrected chi connectivity index (χ4v) is 3.58. The van der Waals surface area contributed by atoms with Crippen LogP contribution in [0.5, 0.6) is 0 Å². The summed E-state index contributed by atoms with van der Waals surface area (Å²) in [5.74, 6) is 2.15. The van der Waals surface area contributed by atoms with Crippen molar-refractivity contribution in [2.45, 2.75) is 39.2 Å². The van der Waals surface area contributed by atoms with E-state index in [-0.39, 0.29) is 0 Å². The van der Waals surface area contributed by atoms with Crippen LogP contribution in [0.15, 0.2) is 11.4 Å². The Labute approximate surface area is 117 Å². The number of aryl methyl sites for hydroxylation is 2. The number of nitrogens with two attached hydrogens (primary N) is 1. The van der Waals surface area contributed by atoms with E-state index in [1.54, 1.807) is 0 Å². The summed E-state index contributed by atoms with van der Waals surface area (Å²) in [6.45, 7) is 3.84. The lowest BCUT2D eigenvalue weighted by atomic mass is 9.94. The molecule has 3 N–H and O–H groups in total. The van der Waals surface area contributed by atoms with Crippen LogP contribution in [0.1, 0.15) is 40.7 Å². The molecule has 2 heterocycles. The predicted molar refractivity (Wildman–Crippen MR) is 79.5 cm³/mol. The van der Waals surface area contributed by atoms with E-state index < -0.39 is 0 Å². The molecule has 1 aliphatic carbocycles. The van der Waals surface area contributed by atoms with Crippen LogP contribution in [-0.4, -0.2) is 9.97 Å². The minimum atomic E-state index is 0.349. The zero-order valence-electron chi connectivity index (χ0n) is 11.2. The average Bonchev–Trinajstić information content (AvgIpc) is 2.84. The second-order valence-corrected chi connectivity index (χ2v) is 6.02. The molecule has 100 valence electrons. The Morgan fingerprint density at radius 3 is 3.05 bits per heavy atom. The van der Waals surface area contributed by atoms with Gasteiger partial charge in [-0.3, -0.25) is 0 Å². The van der Waals surface area contributed by atoms with Gasteiger partial charge in [0, 0.05) is 10.4 Å². The minimum absolute atomic E-state index is 0.349. The molecule has 0 spiro atoms. The molecule has 2 aromatic rings. The van der Waals surface area contributed by atoms with E-state index >= 15 is 0 Å². The number of nitrogen functional groups attached to an aromatic ring is 1. The van der Waals surface area contributed by atoms with Gasteiger partial charge < -0.3 is 11.1 Å². The Bertz CT molecular complexity index is 605. The first kappa shape index (κ1) is 12.4. The normalized spacial score (nSPS) is 18.1. The number of aromatic nitrogens is 2. The van der Waals surface area contributed by atoms with Crippen LogP contribution < -0.4 is 11.1 Å². The number of nitrogens with one attached hydrogen (secondary N) is 1. The van der Waals surface area contributed by atoms with E-state index in [0.29, 0.717) is 17.7 Å². The molecule has 1 atom stereocenters. The molecule has 0 aliphatic heterocycles. The largest absolute Gasteiger partial charge is 0.383 e. The maximum Gasteiger partial charge on any atom is 0.135 e. The molecule has 0 saturated carbocycles. The first-order valence-electron chi connectivity index (χ1n) is 6.58. The molecule has 0 radical (unpaired) electrons. The van der Waals surface area contributed by atoms with Crippen molar-refractivity contribution < 1.29 is 0 Å². The summed E-state index contributed by atoms with van der Waals surface area (Å²) in [6.07, 6.45) is 3.57. The first-order chi connectivity index (χ1) is 9.15. The van der Waals surface area contributed by atoms with Crippen molar-refractivity contribution in [3.05, 3.63) is 33.3 Å². The summed E-state index contributed by atoms with van der Waals surface area (Å²) < 4.78 is 0. The van der Waals surface area contributed by atoms with Gasteiger partial charge in [0.1, 0.15) is 17.5 Å². The molecule has 0 amide bonds. The van der Waals surface area contributed by atoms with E-state index in [4.69, 9.17) is 5.73 Å². The van der Waals surface area contributed by atoms with Gasteiger partial charge in [-0.05, 0) is 50.1 Å². The fraction of sp³-hybridized carbons (Fsp3) is 0.429. The molecule has 3 rings (SSSR count). The summed E-state index contributed by atoms with van der Waals surface area (Å²) >= 11 is 1.85. The van der Waals surface area contributed by atoms with E-state index in [1.807, 2.05) is 25.2 Å². The Balaban J connectivity index is 1.91. The van der Waals surface area contributed by atoms with Crippen molar-refractivity contribution in [1.29, 1.82) is 0 Å². The van der Waals surface area contributed by atoms with Crippen molar-refractivity contribution in [3.63, 3.8) is 0 Å². The topological polar surface area (TPSA) is 63.8 Å². The van der Waals surface area contributed by atoms with E-state index in [0.717, 1.165) is 17.8 Å². The van der Waals surface area contributed by atoms with Crippen LogP contribution in [0.25, 0.3) is 0 Å². The molecule has 1 aliphatic rings. The van der Waals surface area contributed by atoms with Gasteiger partial charge in [0.15, 0.2) is 0 Å². The van der Waals surface area contributed by atoms with Gasteiger partial charge in [0.2, 0.25) is 0 Å². The summed E-state index contributed by atoms with van der Waals surface area (Å²) in [5.41, 5.74) is 8.27. The van der Waals surface area contributed by atoms with Crippen LogP contribution in [0, 0.1) is 13.8 Å². The molecule has 1 unspecified atom stereocenters. The molecule has 0 bridgehead atoms. The third kappa shape index (κ3) is 2.30. The molecule has 5 heteroatoms. The van der Waals surface area contributed by atoms with Crippen LogP contribution in [0.4, 0.5) is 11.6 Å². The zero-order chi connectivity index (χ0) is 13.4. The molecule has 0 aromatic carbocycles. The number of thiophene rings is 1. The number of fused-ring (bicyclic) bond motifs is 1. The van der Waals surface area contributed by atoms with Gasteiger partial charge in [0.05, 0.1) is 6.04 Å². The predicted octanol–water partition coefficient (Wildman–Crippen LogP) is 3.23. The molecule has 19 heavy (non-hydrogen) atoms. The number of rotatable bonds is 2. The van der Waals surface area contributed by atoms with E-state index in [2.05, 4.69) is 26.7 Å². The second-order valence-electron chi connectivity index (χ2n) is 5.02. The lowest BCUT2D eigenvalue weighted by Crippen LogP contribution is -2.18. The minimum Gasteiger partial charge on any atom is -0.383 e. The molecule has 2 aromatic heterocycles. The number of anilines is 2. The maximum atomic E-state index is 5.91. The SMILES string of the molecule is Cc1nc(N)c(C)c(NC2CCCc3sccc32)n1. The third-order valence-corrected chi connectivity index (χ3v) is 4.65. The van der Waals surface area contributed by atoms with Gasteiger partial charge in [-0.15, -0.1) is 11.3 Å². The number of nitrogens with zero attached hydrogens (tertiary/aromatic N) is 2. The van der Waals surface area contributed by atoms with Gasteiger partial charge in [-0.25, -0.2) is 9.97 Å². The highest BCUT2D eigenvalue weighted by atomic mass is 32.1. The third-order valence-electron chi connectivity index (χ3n) is 3.66. The van der Waals surface area contributed by atoms with Gasteiger partial charge in [0.25, 0.3) is 0 Å². The number of hydrogen-bond donors (Lipinski definition) is 2. The van der Waals surface area contributed by atoms with Gasteiger partial charge in [-0.2, -0.15) is 0 Å². The highest BCUT2D eigenvalue weighted by Crippen LogP contribution is 2.36. The Morgan fingerprint density at radius 2 is 2.21 bits per heavy atom. The van der Waals surface area contributed by atoms with Crippen molar-refractivity contribution in [1.82, 2.24) is 9.97 Å². The smallest absolute Gasteiger partial charge is 0.135 e. The summed E-state index contributed by atoms with van der Waals surface area (Å²) in [6, 6.07) is 2.58. The van der Waals surface area contributed by atoms with Crippen molar-refractivity contribution in [2.75, 3.05) is 11.1 Å². The highest BCUT2D eigenvalue weighted by Gasteiger charge is 2.22. The maximum absolute atomic E-state index is 5.91. The second kappa shape index (κ2) is 4.81.